The van der Waals surface area contributed by atoms with Crippen LogP contribution in [0.15, 0.2) is 40.0 Å². The van der Waals surface area contributed by atoms with Gasteiger partial charge in [-0.1, -0.05) is 19.1 Å². The number of rotatable bonds is 8. The Morgan fingerprint density at radius 1 is 1.33 bits per heavy atom. The number of nitrogens with one attached hydrogen (secondary N) is 1. The van der Waals surface area contributed by atoms with Gasteiger partial charge in [0, 0.05) is 34.1 Å². The van der Waals surface area contributed by atoms with Crippen LogP contribution in [0.1, 0.15) is 19.7 Å². The van der Waals surface area contributed by atoms with Crippen molar-refractivity contribution < 1.29 is 0 Å². The Labute approximate surface area is 138 Å². The Hall–Kier alpha value is -0.850. The van der Waals surface area contributed by atoms with Crippen molar-refractivity contribution in [3.05, 3.63) is 40.9 Å². The number of thioether (sulfide) groups is 1. The summed E-state index contributed by atoms with van der Waals surface area (Å²) >= 11 is 5.46. The Kier molecular flexibility index (Phi) is 6.73. The first-order valence-corrected chi connectivity index (χ1v) is 8.99. The summed E-state index contributed by atoms with van der Waals surface area (Å²) in [5.74, 6) is 2.06. The lowest BCUT2D eigenvalue weighted by molar-refractivity contribution is 0.527. The number of likely N-dealkylation sites (N-methyl/N-ethyl adjacent to an activating group) is 1. The van der Waals surface area contributed by atoms with E-state index in [0.29, 0.717) is 6.04 Å². The molecule has 0 aliphatic heterocycles. The minimum Gasteiger partial charge on any atom is -0.313 e. The molecule has 0 bridgehead atoms. The minimum absolute atomic E-state index is 0.390. The molecule has 1 heterocycles. The monoisotopic (exact) mass is 368 g/mol. The van der Waals surface area contributed by atoms with Crippen LogP contribution in [-0.4, -0.2) is 33.1 Å². The molecular formula is C15H21BrN4S. The fourth-order valence-corrected chi connectivity index (χ4v) is 3.79. The van der Waals surface area contributed by atoms with E-state index in [0.717, 1.165) is 35.6 Å². The minimum atomic E-state index is 0.390. The Morgan fingerprint density at radius 3 is 2.86 bits per heavy atom. The molecule has 1 aromatic heterocycles. The lowest BCUT2D eigenvalue weighted by Crippen LogP contribution is -2.34. The first kappa shape index (κ1) is 16.5. The van der Waals surface area contributed by atoms with Gasteiger partial charge >= 0.3 is 0 Å². The fraction of sp³-hybridized carbons (Fsp3) is 0.467. The summed E-state index contributed by atoms with van der Waals surface area (Å²) in [4.78, 5) is 5.65. The molecule has 0 spiro atoms. The summed E-state index contributed by atoms with van der Waals surface area (Å²) in [6.07, 6.45) is 2.54. The average molecular weight is 369 g/mol. The summed E-state index contributed by atoms with van der Waals surface area (Å²) in [5.41, 5.74) is 0. The lowest BCUT2D eigenvalue weighted by Gasteiger charge is -2.17. The maximum absolute atomic E-state index is 4.37. The molecule has 2 aromatic rings. The number of benzene rings is 1. The van der Waals surface area contributed by atoms with Gasteiger partial charge in [-0.2, -0.15) is 5.10 Å². The van der Waals surface area contributed by atoms with Gasteiger partial charge in [-0.3, -0.25) is 4.68 Å². The average Bonchev–Trinajstić information content (AvgIpc) is 2.93. The number of halogens is 1. The Bertz CT molecular complexity index is 558. The van der Waals surface area contributed by atoms with Crippen molar-refractivity contribution in [1.29, 1.82) is 0 Å². The first-order valence-electron chi connectivity index (χ1n) is 7.22. The van der Waals surface area contributed by atoms with Gasteiger partial charge in [-0.15, -0.1) is 11.8 Å². The third kappa shape index (κ3) is 4.83. The van der Waals surface area contributed by atoms with Gasteiger partial charge in [0.1, 0.15) is 12.2 Å². The van der Waals surface area contributed by atoms with Crippen LogP contribution in [0.3, 0.4) is 0 Å². The van der Waals surface area contributed by atoms with Crippen LogP contribution in [0.2, 0.25) is 0 Å². The Balaban J connectivity index is 1.97. The normalized spacial score (nSPS) is 12.5. The van der Waals surface area contributed by atoms with E-state index in [1.807, 2.05) is 22.5 Å². The molecule has 0 saturated heterocycles. The molecule has 4 nitrogen and oxygen atoms in total. The van der Waals surface area contributed by atoms with Crippen molar-refractivity contribution in [3.8, 4) is 0 Å². The van der Waals surface area contributed by atoms with E-state index in [4.69, 9.17) is 0 Å². The van der Waals surface area contributed by atoms with Crippen LogP contribution < -0.4 is 5.32 Å². The summed E-state index contributed by atoms with van der Waals surface area (Å²) in [6, 6.07) is 8.73. The van der Waals surface area contributed by atoms with E-state index < -0.39 is 0 Å². The van der Waals surface area contributed by atoms with Gasteiger partial charge in [-0.25, -0.2) is 4.98 Å². The topological polar surface area (TPSA) is 42.7 Å². The van der Waals surface area contributed by atoms with E-state index in [9.17, 15) is 0 Å². The molecule has 1 unspecified atom stereocenters. The molecule has 0 aliphatic rings. The first-order chi connectivity index (χ1) is 10.2. The van der Waals surface area contributed by atoms with Crippen LogP contribution in [0, 0.1) is 0 Å². The maximum atomic E-state index is 4.37. The molecule has 1 atom stereocenters. The number of nitrogens with zero attached hydrogens (tertiary/aromatic N) is 3. The highest BCUT2D eigenvalue weighted by atomic mass is 79.9. The number of hydrogen-bond acceptors (Lipinski definition) is 4. The van der Waals surface area contributed by atoms with Crippen molar-refractivity contribution in [2.24, 2.45) is 0 Å². The van der Waals surface area contributed by atoms with Crippen LogP contribution in [0.4, 0.5) is 0 Å². The van der Waals surface area contributed by atoms with Crippen molar-refractivity contribution in [2.75, 3.05) is 12.3 Å². The predicted molar refractivity (Wildman–Crippen MR) is 91.7 cm³/mol. The van der Waals surface area contributed by atoms with E-state index >= 15 is 0 Å². The molecule has 6 heteroatoms. The SMILES string of the molecule is CCNC(CSc1ccccc1Br)Cc1ncnn1CC. The molecular weight excluding hydrogens is 348 g/mol. The van der Waals surface area contributed by atoms with Gasteiger partial charge in [0.15, 0.2) is 0 Å². The zero-order valence-electron chi connectivity index (χ0n) is 12.4. The summed E-state index contributed by atoms with van der Waals surface area (Å²) < 4.78 is 3.12. The van der Waals surface area contributed by atoms with Crippen LogP contribution in [0.25, 0.3) is 0 Å². The maximum Gasteiger partial charge on any atom is 0.138 e. The van der Waals surface area contributed by atoms with Crippen LogP contribution in [-0.2, 0) is 13.0 Å². The zero-order chi connectivity index (χ0) is 15.1. The molecule has 0 amide bonds. The third-order valence-corrected chi connectivity index (χ3v) is 5.38. The van der Waals surface area contributed by atoms with Gasteiger partial charge < -0.3 is 5.32 Å². The summed E-state index contributed by atoms with van der Waals surface area (Å²) in [6.45, 7) is 6.06. The van der Waals surface area contributed by atoms with Gasteiger partial charge in [0.25, 0.3) is 0 Å². The highest BCUT2D eigenvalue weighted by Gasteiger charge is 2.13. The van der Waals surface area contributed by atoms with E-state index in [1.54, 1.807) is 6.33 Å². The van der Waals surface area contributed by atoms with Gasteiger partial charge in [0.2, 0.25) is 0 Å². The summed E-state index contributed by atoms with van der Waals surface area (Å²) in [7, 11) is 0. The van der Waals surface area contributed by atoms with Crippen molar-refractivity contribution in [3.63, 3.8) is 0 Å². The molecule has 0 radical (unpaired) electrons. The van der Waals surface area contributed by atoms with Crippen molar-refractivity contribution in [1.82, 2.24) is 20.1 Å². The fourth-order valence-electron chi connectivity index (χ4n) is 2.16. The molecule has 0 fully saturated rings. The van der Waals surface area contributed by atoms with Gasteiger partial charge in [0.05, 0.1) is 0 Å². The smallest absolute Gasteiger partial charge is 0.138 e. The quantitative estimate of drug-likeness (QED) is 0.725. The van der Waals surface area contributed by atoms with E-state index in [-0.39, 0.29) is 0 Å². The number of aromatic nitrogens is 3. The predicted octanol–water partition coefficient (Wildman–Crippen LogP) is 3.37. The van der Waals surface area contributed by atoms with Crippen molar-refractivity contribution in [2.45, 2.75) is 37.8 Å². The molecule has 0 aliphatic carbocycles. The molecule has 1 N–H and O–H groups in total. The van der Waals surface area contributed by atoms with Crippen LogP contribution >= 0.6 is 27.7 Å². The second-order valence-electron chi connectivity index (χ2n) is 4.69. The lowest BCUT2D eigenvalue weighted by atomic mass is 10.2. The second kappa shape index (κ2) is 8.56. The third-order valence-electron chi connectivity index (χ3n) is 3.19. The highest BCUT2D eigenvalue weighted by molar-refractivity contribution is 9.10. The standard InChI is InChI=1S/C15H21BrN4S/c1-3-17-12(9-15-18-11-19-20(15)4-2)10-21-14-8-6-5-7-13(14)16/h5-8,11-12,17H,3-4,9-10H2,1-2H3. The van der Waals surface area contributed by atoms with Crippen LogP contribution in [0.5, 0.6) is 0 Å². The molecule has 1 aromatic carbocycles. The van der Waals surface area contributed by atoms with Crippen molar-refractivity contribution >= 4 is 27.7 Å². The molecule has 2 rings (SSSR count). The molecule has 114 valence electrons. The van der Waals surface area contributed by atoms with E-state index in [1.165, 1.54) is 4.90 Å². The summed E-state index contributed by atoms with van der Waals surface area (Å²) in [5, 5.41) is 7.79. The second-order valence-corrected chi connectivity index (χ2v) is 6.61. The molecule has 21 heavy (non-hydrogen) atoms. The molecule has 0 saturated carbocycles. The van der Waals surface area contributed by atoms with Gasteiger partial charge in [-0.05, 0) is 41.5 Å². The highest BCUT2D eigenvalue weighted by Crippen LogP contribution is 2.27. The largest absolute Gasteiger partial charge is 0.313 e. The zero-order valence-corrected chi connectivity index (χ0v) is 14.8. The Morgan fingerprint density at radius 2 is 2.14 bits per heavy atom. The van der Waals surface area contributed by atoms with E-state index in [2.05, 4.69) is 63.4 Å². The number of aryl methyl sites for hydroxylation is 1. The number of hydrogen-bond donors (Lipinski definition) is 1.